The minimum atomic E-state index is -0.165. The first-order valence-corrected chi connectivity index (χ1v) is 7.13. The molecule has 2 aromatic rings. The molecule has 0 spiro atoms. The molecule has 0 fully saturated rings. The number of benzene rings is 2. The Morgan fingerprint density at radius 2 is 1.75 bits per heavy atom. The highest BCUT2D eigenvalue weighted by atomic mass is 35.5. The van der Waals surface area contributed by atoms with E-state index in [9.17, 15) is 4.39 Å². The summed E-state index contributed by atoms with van der Waals surface area (Å²) in [5.41, 5.74) is 2.65. The predicted molar refractivity (Wildman–Crippen MR) is 82.6 cm³/mol. The molecule has 2 aromatic carbocycles. The lowest BCUT2D eigenvalue weighted by molar-refractivity contribution is 0.491. The minimum Gasteiger partial charge on any atom is -0.304 e. The summed E-state index contributed by atoms with van der Waals surface area (Å²) in [6.07, 6.45) is 0. The van der Waals surface area contributed by atoms with Crippen molar-refractivity contribution >= 4 is 11.6 Å². The van der Waals surface area contributed by atoms with E-state index in [0.717, 1.165) is 16.1 Å². The average molecular weight is 292 g/mol. The molecule has 0 heterocycles. The van der Waals surface area contributed by atoms with E-state index in [1.54, 1.807) is 13.0 Å². The smallest absolute Gasteiger partial charge is 0.126 e. The van der Waals surface area contributed by atoms with E-state index >= 15 is 0 Å². The maximum Gasteiger partial charge on any atom is 0.126 e. The van der Waals surface area contributed by atoms with Gasteiger partial charge in [-0.25, -0.2) is 4.39 Å². The van der Waals surface area contributed by atoms with Crippen LogP contribution in [-0.4, -0.2) is 0 Å². The molecule has 1 N–H and O–H groups in total. The van der Waals surface area contributed by atoms with Gasteiger partial charge in [0.05, 0.1) is 0 Å². The van der Waals surface area contributed by atoms with Crippen LogP contribution in [0.1, 0.15) is 42.6 Å². The van der Waals surface area contributed by atoms with Gasteiger partial charge in [0, 0.05) is 17.1 Å². The quantitative estimate of drug-likeness (QED) is 0.816. The van der Waals surface area contributed by atoms with Crippen LogP contribution in [0.2, 0.25) is 5.02 Å². The fourth-order valence-corrected chi connectivity index (χ4v) is 2.57. The summed E-state index contributed by atoms with van der Waals surface area (Å²) < 4.78 is 13.6. The van der Waals surface area contributed by atoms with Gasteiger partial charge in [0.15, 0.2) is 0 Å². The highest BCUT2D eigenvalue weighted by molar-refractivity contribution is 6.31. The van der Waals surface area contributed by atoms with E-state index in [2.05, 4.69) is 12.2 Å². The fraction of sp³-hybridized carbons (Fsp3) is 0.294. The molecule has 0 saturated carbocycles. The van der Waals surface area contributed by atoms with Crippen LogP contribution in [0.3, 0.4) is 0 Å². The van der Waals surface area contributed by atoms with Crippen molar-refractivity contribution in [3.63, 3.8) is 0 Å². The molecule has 20 heavy (non-hydrogen) atoms. The molecular weight excluding hydrogens is 273 g/mol. The van der Waals surface area contributed by atoms with Crippen LogP contribution >= 0.6 is 11.6 Å². The zero-order valence-electron chi connectivity index (χ0n) is 12.0. The summed E-state index contributed by atoms with van der Waals surface area (Å²) in [5, 5.41) is 4.19. The Morgan fingerprint density at radius 1 is 1.05 bits per heavy atom. The highest BCUT2D eigenvalue weighted by Gasteiger charge is 2.14. The number of rotatable bonds is 4. The average Bonchev–Trinajstić information content (AvgIpc) is 2.42. The van der Waals surface area contributed by atoms with E-state index in [-0.39, 0.29) is 17.9 Å². The maximum absolute atomic E-state index is 13.6. The van der Waals surface area contributed by atoms with Crippen molar-refractivity contribution < 1.29 is 4.39 Å². The Balaban J connectivity index is 2.13. The van der Waals surface area contributed by atoms with Gasteiger partial charge in [-0.05, 0) is 49.6 Å². The third-order valence-electron chi connectivity index (χ3n) is 3.57. The number of aryl methyl sites for hydroxylation is 1. The van der Waals surface area contributed by atoms with Crippen molar-refractivity contribution in [2.24, 2.45) is 0 Å². The second kappa shape index (κ2) is 6.38. The van der Waals surface area contributed by atoms with Crippen LogP contribution in [0.5, 0.6) is 0 Å². The molecule has 0 aromatic heterocycles. The molecule has 0 aliphatic carbocycles. The van der Waals surface area contributed by atoms with Gasteiger partial charge in [0.25, 0.3) is 0 Å². The zero-order valence-corrected chi connectivity index (χ0v) is 12.7. The summed E-state index contributed by atoms with van der Waals surface area (Å²) in [6, 6.07) is 13.3. The highest BCUT2D eigenvalue weighted by Crippen LogP contribution is 2.25. The third kappa shape index (κ3) is 3.38. The van der Waals surface area contributed by atoms with Crippen molar-refractivity contribution in [3.05, 3.63) is 70.0 Å². The Hall–Kier alpha value is -1.38. The van der Waals surface area contributed by atoms with Gasteiger partial charge in [-0.3, -0.25) is 0 Å². The van der Waals surface area contributed by atoms with Crippen molar-refractivity contribution in [1.29, 1.82) is 0 Å². The summed E-state index contributed by atoms with van der Waals surface area (Å²) in [4.78, 5) is 0. The van der Waals surface area contributed by atoms with Gasteiger partial charge in [0.2, 0.25) is 0 Å². The largest absolute Gasteiger partial charge is 0.304 e. The zero-order chi connectivity index (χ0) is 14.7. The molecule has 0 radical (unpaired) electrons. The standard InChI is InChI=1S/C17H19ClFN/c1-11-8-9-14(10-17(11)19)12(2)20-13(3)15-6-4-5-7-16(15)18/h4-10,12-13,20H,1-3H3/t12?,13-/m1/s1. The SMILES string of the molecule is Cc1ccc(C(C)N[C@H](C)c2ccccc2Cl)cc1F. The summed E-state index contributed by atoms with van der Waals surface area (Å²) in [7, 11) is 0. The lowest BCUT2D eigenvalue weighted by atomic mass is 10.0. The van der Waals surface area contributed by atoms with Gasteiger partial charge in [0.1, 0.15) is 5.82 Å². The van der Waals surface area contributed by atoms with E-state index < -0.39 is 0 Å². The molecule has 1 nitrogen and oxygen atoms in total. The number of hydrogen-bond acceptors (Lipinski definition) is 1. The number of hydrogen-bond donors (Lipinski definition) is 1. The Labute approximate surface area is 124 Å². The lowest BCUT2D eigenvalue weighted by Crippen LogP contribution is -2.22. The van der Waals surface area contributed by atoms with E-state index in [1.165, 1.54) is 0 Å². The third-order valence-corrected chi connectivity index (χ3v) is 3.91. The topological polar surface area (TPSA) is 12.0 Å². The van der Waals surface area contributed by atoms with E-state index in [0.29, 0.717) is 5.56 Å². The van der Waals surface area contributed by atoms with Crippen LogP contribution in [0.15, 0.2) is 42.5 Å². The van der Waals surface area contributed by atoms with E-state index in [4.69, 9.17) is 11.6 Å². The normalized spacial score (nSPS) is 14.1. The van der Waals surface area contributed by atoms with Crippen LogP contribution in [0.4, 0.5) is 4.39 Å². The van der Waals surface area contributed by atoms with Gasteiger partial charge in [-0.15, -0.1) is 0 Å². The van der Waals surface area contributed by atoms with Crippen LogP contribution < -0.4 is 5.32 Å². The molecule has 0 amide bonds. The molecule has 0 aliphatic heterocycles. The monoisotopic (exact) mass is 291 g/mol. The van der Waals surface area contributed by atoms with Crippen LogP contribution in [0.25, 0.3) is 0 Å². The first-order chi connectivity index (χ1) is 9.49. The molecule has 0 aliphatic rings. The molecule has 0 saturated heterocycles. The Kier molecular flexibility index (Phi) is 4.79. The summed E-state index contributed by atoms with van der Waals surface area (Å²) >= 11 is 6.19. The number of halogens is 2. The first-order valence-electron chi connectivity index (χ1n) is 6.75. The molecule has 2 rings (SSSR count). The Bertz CT molecular complexity index is 597. The molecule has 0 bridgehead atoms. The maximum atomic E-state index is 13.6. The van der Waals surface area contributed by atoms with Crippen molar-refractivity contribution in [2.75, 3.05) is 0 Å². The molecular formula is C17H19ClFN. The first kappa shape index (κ1) is 15.0. The fourth-order valence-electron chi connectivity index (χ4n) is 2.27. The van der Waals surface area contributed by atoms with E-state index in [1.807, 2.05) is 43.3 Å². The van der Waals surface area contributed by atoms with Gasteiger partial charge in [-0.2, -0.15) is 0 Å². The second-order valence-electron chi connectivity index (χ2n) is 5.14. The second-order valence-corrected chi connectivity index (χ2v) is 5.55. The van der Waals surface area contributed by atoms with Gasteiger partial charge < -0.3 is 5.32 Å². The Morgan fingerprint density at radius 3 is 2.40 bits per heavy atom. The van der Waals surface area contributed by atoms with Gasteiger partial charge >= 0.3 is 0 Å². The van der Waals surface area contributed by atoms with Crippen molar-refractivity contribution in [3.8, 4) is 0 Å². The lowest BCUT2D eigenvalue weighted by Gasteiger charge is -2.22. The number of nitrogens with one attached hydrogen (secondary N) is 1. The molecule has 2 atom stereocenters. The molecule has 106 valence electrons. The predicted octanol–water partition coefficient (Wildman–Crippen LogP) is 5.20. The van der Waals surface area contributed by atoms with Crippen molar-refractivity contribution in [2.45, 2.75) is 32.9 Å². The molecule has 3 heteroatoms. The summed E-state index contributed by atoms with van der Waals surface area (Å²) in [6.45, 7) is 5.85. The summed E-state index contributed by atoms with van der Waals surface area (Å²) in [5.74, 6) is -0.165. The van der Waals surface area contributed by atoms with Crippen molar-refractivity contribution in [1.82, 2.24) is 5.32 Å². The minimum absolute atomic E-state index is 0.0522. The molecule has 1 unspecified atom stereocenters. The van der Waals surface area contributed by atoms with Crippen LogP contribution in [-0.2, 0) is 0 Å². The van der Waals surface area contributed by atoms with Crippen LogP contribution in [0, 0.1) is 12.7 Å². The van der Waals surface area contributed by atoms with Gasteiger partial charge in [-0.1, -0.05) is 41.9 Å².